The van der Waals surface area contributed by atoms with E-state index < -0.39 is 5.79 Å². The fourth-order valence-corrected chi connectivity index (χ4v) is 1.26. The molecule has 0 aliphatic carbocycles. The van der Waals surface area contributed by atoms with E-state index in [-0.39, 0.29) is 6.10 Å². The molecule has 1 heterocycles. The molecule has 2 nitrogen and oxygen atoms in total. The number of hydrogen-bond acceptors (Lipinski definition) is 2. The largest absolute Gasteiger partial charge is 0.468 e. The summed E-state index contributed by atoms with van der Waals surface area (Å²) in [4.78, 5) is 0. The van der Waals surface area contributed by atoms with E-state index in [4.69, 9.17) is 9.47 Å². The molecular weight excluding hydrogens is 128 g/mol. The maximum atomic E-state index is 5.46. The van der Waals surface area contributed by atoms with E-state index in [2.05, 4.69) is 6.58 Å². The van der Waals surface area contributed by atoms with Crippen LogP contribution in [-0.2, 0) is 9.47 Å². The zero-order chi connectivity index (χ0) is 7.78. The van der Waals surface area contributed by atoms with Crippen LogP contribution in [0.3, 0.4) is 0 Å². The van der Waals surface area contributed by atoms with Gasteiger partial charge in [0.15, 0.2) is 0 Å². The van der Waals surface area contributed by atoms with E-state index in [1.54, 1.807) is 0 Å². The molecule has 0 amide bonds. The Morgan fingerprint density at radius 1 is 1.60 bits per heavy atom. The molecule has 0 radical (unpaired) electrons. The molecule has 1 aliphatic heterocycles. The monoisotopic (exact) mass is 142 g/mol. The standard InChI is InChI=1S/C8H14O2/c1-6-5-7(2)10-8(3,4)9-6/h7H,1,5H2,2-4H3. The second-order valence-corrected chi connectivity index (χ2v) is 3.17. The quantitative estimate of drug-likeness (QED) is 0.515. The first-order chi connectivity index (χ1) is 4.49. The molecule has 1 rings (SSSR count). The Morgan fingerprint density at radius 3 is 2.60 bits per heavy atom. The van der Waals surface area contributed by atoms with Crippen LogP contribution in [0.15, 0.2) is 12.3 Å². The molecule has 2 heteroatoms. The molecule has 1 aliphatic rings. The van der Waals surface area contributed by atoms with Crippen molar-refractivity contribution in [2.24, 2.45) is 0 Å². The lowest BCUT2D eigenvalue weighted by molar-refractivity contribution is -0.242. The first-order valence-corrected chi connectivity index (χ1v) is 3.54. The highest BCUT2D eigenvalue weighted by Crippen LogP contribution is 2.27. The topological polar surface area (TPSA) is 18.5 Å². The van der Waals surface area contributed by atoms with Crippen molar-refractivity contribution < 1.29 is 9.47 Å². The van der Waals surface area contributed by atoms with Crippen molar-refractivity contribution in [3.8, 4) is 0 Å². The molecule has 1 unspecified atom stereocenters. The summed E-state index contributed by atoms with van der Waals surface area (Å²) < 4.78 is 10.8. The number of rotatable bonds is 0. The van der Waals surface area contributed by atoms with Crippen molar-refractivity contribution in [1.29, 1.82) is 0 Å². The predicted octanol–water partition coefficient (Wildman–Crippen LogP) is 2.06. The molecule has 0 aromatic heterocycles. The van der Waals surface area contributed by atoms with Crippen LogP contribution in [0.4, 0.5) is 0 Å². The molecule has 0 bridgehead atoms. The van der Waals surface area contributed by atoms with Gasteiger partial charge in [0, 0.05) is 20.3 Å². The summed E-state index contributed by atoms with van der Waals surface area (Å²) in [6.07, 6.45) is 1.04. The van der Waals surface area contributed by atoms with Crippen LogP contribution in [0.1, 0.15) is 27.2 Å². The van der Waals surface area contributed by atoms with Crippen LogP contribution >= 0.6 is 0 Å². The van der Waals surface area contributed by atoms with Gasteiger partial charge in [-0.15, -0.1) is 0 Å². The highest BCUT2D eigenvalue weighted by Gasteiger charge is 2.29. The first-order valence-electron chi connectivity index (χ1n) is 3.54. The van der Waals surface area contributed by atoms with Crippen molar-refractivity contribution in [1.82, 2.24) is 0 Å². The zero-order valence-corrected chi connectivity index (χ0v) is 6.81. The van der Waals surface area contributed by atoms with Gasteiger partial charge >= 0.3 is 0 Å². The van der Waals surface area contributed by atoms with Gasteiger partial charge in [0.2, 0.25) is 5.79 Å². The Hall–Kier alpha value is -0.500. The SMILES string of the molecule is C=C1CC(C)OC(C)(C)O1. The molecule has 0 saturated carbocycles. The van der Waals surface area contributed by atoms with Gasteiger partial charge in [-0.25, -0.2) is 0 Å². The van der Waals surface area contributed by atoms with Gasteiger partial charge < -0.3 is 9.47 Å². The smallest absolute Gasteiger partial charge is 0.204 e. The van der Waals surface area contributed by atoms with Crippen molar-refractivity contribution >= 4 is 0 Å². The summed E-state index contributed by atoms with van der Waals surface area (Å²) in [5.41, 5.74) is 0. The van der Waals surface area contributed by atoms with E-state index in [0.717, 1.165) is 12.2 Å². The fourth-order valence-electron chi connectivity index (χ4n) is 1.26. The van der Waals surface area contributed by atoms with Gasteiger partial charge in [-0.3, -0.25) is 0 Å². The van der Waals surface area contributed by atoms with Crippen molar-refractivity contribution in [3.05, 3.63) is 12.3 Å². The normalized spacial score (nSPS) is 31.5. The molecule has 10 heavy (non-hydrogen) atoms. The fraction of sp³-hybridized carbons (Fsp3) is 0.750. The summed E-state index contributed by atoms with van der Waals surface area (Å²) in [5.74, 6) is 0.345. The van der Waals surface area contributed by atoms with E-state index in [0.29, 0.717) is 0 Å². The minimum atomic E-state index is -0.477. The summed E-state index contributed by atoms with van der Waals surface area (Å²) in [6.45, 7) is 9.57. The number of hydrogen-bond donors (Lipinski definition) is 0. The Balaban J connectivity index is 2.59. The Kier molecular flexibility index (Phi) is 1.73. The van der Waals surface area contributed by atoms with Crippen molar-refractivity contribution in [3.63, 3.8) is 0 Å². The van der Waals surface area contributed by atoms with Crippen LogP contribution in [0, 0.1) is 0 Å². The lowest BCUT2D eigenvalue weighted by Crippen LogP contribution is -2.37. The van der Waals surface area contributed by atoms with Crippen molar-refractivity contribution in [2.45, 2.75) is 39.1 Å². The van der Waals surface area contributed by atoms with Crippen molar-refractivity contribution in [2.75, 3.05) is 0 Å². The minimum absolute atomic E-state index is 0.233. The maximum absolute atomic E-state index is 5.46. The van der Waals surface area contributed by atoms with Crippen LogP contribution in [-0.4, -0.2) is 11.9 Å². The lowest BCUT2D eigenvalue weighted by Gasteiger charge is -2.36. The second-order valence-electron chi connectivity index (χ2n) is 3.17. The van der Waals surface area contributed by atoms with Gasteiger partial charge in [0.1, 0.15) is 0 Å². The summed E-state index contributed by atoms with van der Waals surface area (Å²) in [7, 11) is 0. The minimum Gasteiger partial charge on any atom is -0.468 e. The highest BCUT2D eigenvalue weighted by molar-refractivity contribution is 4.90. The molecule has 1 atom stereocenters. The third kappa shape index (κ3) is 1.74. The van der Waals surface area contributed by atoms with Crippen LogP contribution in [0.2, 0.25) is 0 Å². The van der Waals surface area contributed by atoms with Gasteiger partial charge in [-0.1, -0.05) is 6.58 Å². The molecule has 0 N–H and O–H groups in total. The van der Waals surface area contributed by atoms with E-state index in [1.165, 1.54) is 0 Å². The average Bonchev–Trinajstić information content (AvgIpc) is 1.54. The Labute approximate surface area is 61.8 Å². The van der Waals surface area contributed by atoms with Gasteiger partial charge in [0.05, 0.1) is 11.9 Å². The lowest BCUT2D eigenvalue weighted by atomic mass is 10.2. The van der Waals surface area contributed by atoms with E-state index in [9.17, 15) is 0 Å². The molecule has 1 saturated heterocycles. The zero-order valence-electron chi connectivity index (χ0n) is 6.81. The van der Waals surface area contributed by atoms with Crippen LogP contribution in [0.25, 0.3) is 0 Å². The third-order valence-electron chi connectivity index (χ3n) is 1.39. The predicted molar refractivity (Wildman–Crippen MR) is 39.5 cm³/mol. The molecule has 0 aromatic carbocycles. The summed E-state index contributed by atoms with van der Waals surface area (Å²) in [6, 6.07) is 0. The second kappa shape index (κ2) is 2.27. The molecule has 1 fully saturated rings. The number of ether oxygens (including phenoxy) is 2. The average molecular weight is 142 g/mol. The molecule has 58 valence electrons. The summed E-state index contributed by atoms with van der Waals surface area (Å²) >= 11 is 0. The van der Waals surface area contributed by atoms with E-state index in [1.807, 2.05) is 20.8 Å². The summed E-state index contributed by atoms with van der Waals surface area (Å²) in [5, 5.41) is 0. The molecular formula is C8H14O2. The van der Waals surface area contributed by atoms with Gasteiger partial charge in [-0.05, 0) is 6.92 Å². The third-order valence-corrected chi connectivity index (χ3v) is 1.39. The molecule has 0 aromatic rings. The van der Waals surface area contributed by atoms with Crippen LogP contribution in [0.5, 0.6) is 0 Å². The maximum Gasteiger partial charge on any atom is 0.204 e. The van der Waals surface area contributed by atoms with E-state index >= 15 is 0 Å². The Morgan fingerprint density at radius 2 is 2.20 bits per heavy atom. The molecule has 0 spiro atoms. The highest BCUT2D eigenvalue weighted by atomic mass is 16.7. The van der Waals surface area contributed by atoms with Crippen LogP contribution < -0.4 is 0 Å². The van der Waals surface area contributed by atoms with Gasteiger partial charge in [-0.2, -0.15) is 0 Å². The Bertz CT molecular complexity index is 149. The van der Waals surface area contributed by atoms with Gasteiger partial charge in [0.25, 0.3) is 0 Å². The first kappa shape index (κ1) is 7.61.